The largest absolute Gasteiger partial charge is 0.279 e. The molecule has 8 aromatic rings. The van der Waals surface area contributed by atoms with E-state index in [1.54, 1.807) is 0 Å². The molecular weight excluding hydrogens is 498 g/mol. The molecule has 3 nitrogen and oxygen atoms in total. The minimum atomic E-state index is -0.0536. The number of benzene rings is 6. The molecule has 1 aliphatic carbocycles. The van der Waals surface area contributed by atoms with Crippen molar-refractivity contribution in [2.75, 3.05) is 0 Å². The summed E-state index contributed by atoms with van der Waals surface area (Å²) in [6.07, 6.45) is 0. The van der Waals surface area contributed by atoms with Crippen LogP contribution in [0, 0.1) is 0 Å². The van der Waals surface area contributed by atoms with E-state index in [9.17, 15) is 0 Å². The van der Waals surface area contributed by atoms with Gasteiger partial charge in [0, 0.05) is 21.9 Å². The molecule has 41 heavy (non-hydrogen) atoms. The van der Waals surface area contributed by atoms with Crippen LogP contribution >= 0.6 is 0 Å². The third-order valence-corrected chi connectivity index (χ3v) is 9.12. The van der Waals surface area contributed by atoms with Crippen molar-refractivity contribution < 1.29 is 0 Å². The van der Waals surface area contributed by atoms with Crippen LogP contribution in [-0.2, 0) is 5.41 Å². The monoisotopic (exact) mass is 525 g/mol. The zero-order valence-electron chi connectivity index (χ0n) is 23.0. The molecule has 0 amide bonds. The standard InChI is InChI=1S/C38H27N3/c1-38(2)28-16-8-6-14-26(28)35-29(38)22-20-24-21-23-33-36(34(24)35)27-15-7-10-18-31(27)41(33)37-39-30-17-9-11-19-32(30)40(37)25-12-4-3-5-13-25/h3-23H,1-2H3. The molecule has 2 aromatic heterocycles. The van der Waals surface area contributed by atoms with Gasteiger partial charge in [-0.3, -0.25) is 9.13 Å². The van der Waals surface area contributed by atoms with Gasteiger partial charge in [-0.1, -0.05) is 105 Å². The van der Waals surface area contributed by atoms with Crippen molar-refractivity contribution >= 4 is 43.6 Å². The highest BCUT2D eigenvalue weighted by Gasteiger charge is 2.37. The molecule has 0 saturated heterocycles. The molecular formula is C38H27N3. The SMILES string of the molecule is CC1(C)c2ccccc2-c2c1ccc1ccc3c(c4ccccc4n3-c3nc4ccccc4n3-c3ccccc3)c21. The summed E-state index contributed by atoms with van der Waals surface area (Å²) in [5.74, 6) is 0.899. The maximum Gasteiger partial charge on any atom is 0.220 e. The maximum absolute atomic E-state index is 5.27. The summed E-state index contributed by atoms with van der Waals surface area (Å²) in [5, 5.41) is 5.13. The highest BCUT2D eigenvalue weighted by Crippen LogP contribution is 2.53. The second-order valence-corrected chi connectivity index (χ2v) is 11.6. The number of para-hydroxylation sites is 4. The van der Waals surface area contributed by atoms with Crippen molar-refractivity contribution in [3.63, 3.8) is 0 Å². The quantitative estimate of drug-likeness (QED) is 0.220. The van der Waals surface area contributed by atoms with Gasteiger partial charge in [0.25, 0.3) is 0 Å². The van der Waals surface area contributed by atoms with E-state index in [0.29, 0.717) is 0 Å². The number of nitrogens with zero attached hydrogens (tertiary/aromatic N) is 3. The van der Waals surface area contributed by atoms with E-state index in [1.165, 1.54) is 49.3 Å². The van der Waals surface area contributed by atoms with Gasteiger partial charge in [0.05, 0.1) is 22.1 Å². The molecule has 0 unspecified atom stereocenters. The molecule has 0 N–H and O–H groups in total. The van der Waals surface area contributed by atoms with E-state index in [4.69, 9.17) is 4.98 Å². The predicted molar refractivity (Wildman–Crippen MR) is 170 cm³/mol. The summed E-state index contributed by atoms with van der Waals surface area (Å²) in [4.78, 5) is 5.27. The zero-order chi connectivity index (χ0) is 27.3. The van der Waals surface area contributed by atoms with Gasteiger partial charge < -0.3 is 0 Å². The van der Waals surface area contributed by atoms with E-state index < -0.39 is 0 Å². The fourth-order valence-electron chi connectivity index (χ4n) is 7.28. The van der Waals surface area contributed by atoms with Gasteiger partial charge in [-0.25, -0.2) is 4.98 Å². The van der Waals surface area contributed by atoms with Crippen molar-refractivity contribution in [2.24, 2.45) is 0 Å². The first kappa shape index (κ1) is 22.6. The van der Waals surface area contributed by atoms with Gasteiger partial charge in [-0.05, 0) is 69.4 Å². The Morgan fingerprint density at radius 2 is 1.24 bits per heavy atom. The topological polar surface area (TPSA) is 22.8 Å². The Hall–Kier alpha value is -5.15. The van der Waals surface area contributed by atoms with Crippen molar-refractivity contribution in [1.82, 2.24) is 14.1 Å². The number of rotatable bonds is 2. The fourth-order valence-corrected chi connectivity index (χ4v) is 7.28. The normalized spacial score (nSPS) is 13.8. The first-order chi connectivity index (χ1) is 20.1. The molecule has 3 heteroatoms. The van der Waals surface area contributed by atoms with Crippen LogP contribution in [0.3, 0.4) is 0 Å². The smallest absolute Gasteiger partial charge is 0.220 e. The van der Waals surface area contributed by atoms with Gasteiger partial charge >= 0.3 is 0 Å². The Balaban J connectivity index is 1.49. The summed E-state index contributed by atoms with van der Waals surface area (Å²) in [5.41, 5.74) is 11.0. The Morgan fingerprint density at radius 3 is 2.12 bits per heavy atom. The van der Waals surface area contributed by atoms with Gasteiger partial charge in [0.15, 0.2) is 0 Å². The molecule has 9 rings (SSSR count). The van der Waals surface area contributed by atoms with Crippen LogP contribution in [0.25, 0.3) is 66.4 Å². The van der Waals surface area contributed by atoms with Gasteiger partial charge in [-0.15, -0.1) is 0 Å². The summed E-state index contributed by atoms with van der Waals surface area (Å²) in [7, 11) is 0. The number of imidazole rings is 1. The average Bonchev–Trinajstić information content (AvgIpc) is 3.63. The molecule has 0 bridgehead atoms. The van der Waals surface area contributed by atoms with Gasteiger partial charge in [-0.2, -0.15) is 0 Å². The number of aromatic nitrogens is 3. The lowest BCUT2D eigenvalue weighted by Crippen LogP contribution is -2.14. The second-order valence-electron chi connectivity index (χ2n) is 11.6. The van der Waals surface area contributed by atoms with E-state index in [-0.39, 0.29) is 5.41 Å². The van der Waals surface area contributed by atoms with Crippen LogP contribution in [0.1, 0.15) is 25.0 Å². The molecule has 194 valence electrons. The van der Waals surface area contributed by atoms with Crippen LogP contribution < -0.4 is 0 Å². The van der Waals surface area contributed by atoms with Crippen molar-refractivity contribution in [3.05, 3.63) is 139 Å². The highest BCUT2D eigenvalue weighted by atomic mass is 15.2. The third kappa shape index (κ3) is 2.90. The van der Waals surface area contributed by atoms with Crippen LogP contribution in [-0.4, -0.2) is 14.1 Å². The summed E-state index contributed by atoms with van der Waals surface area (Å²) in [6.45, 7) is 4.71. The number of fused-ring (bicyclic) bond motifs is 10. The van der Waals surface area contributed by atoms with E-state index in [1.807, 2.05) is 0 Å². The predicted octanol–water partition coefficient (Wildman–Crippen LogP) is 9.58. The minimum Gasteiger partial charge on any atom is -0.279 e. The van der Waals surface area contributed by atoms with Gasteiger partial charge in [0.2, 0.25) is 5.95 Å². The molecule has 2 heterocycles. The van der Waals surface area contributed by atoms with Crippen LogP contribution in [0.2, 0.25) is 0 Å². The lowest BCUT2D eigenvalue weighted by atomic mass is 9.82. The minimum absolute atomic E-state index is 0.0536. The molecule has 6 aromatic carbocycles. The molecule has 1 aliphatic rings. The second kappa shape index (κ2) is 7.96. The molecule has 0 spiro atoms. The Morgan fingerprint density at radius 1 is 0.537 bits per heavy atom. The van der Waals surface area contributed by atoms with E-state index in [0.717, 1.165) is 28.2 Å². The van der Waals surface area contributed by atoms with Crippen molar-refractivity contribution in [3.8, 4) is 22.8 Å². The van der Waals surface area contributed by atoms with Crippen molar-refractivity contribution in [1.29, 1.82) is 0 Å². The molecule has 0 radical (unpaired) electrons. The number of hydrogen-bond acceptors (Lipinski definition) is 1. The van der Waals surface area contributed by atoms with Crippen LogP contribution in [0.5, 0.6) is 0 Å². The van der Waals surface area contributed by atoms with E-state index in [2.05, 4.69) is 150 Å². The Kier molecular flexibility index (Phi) is 4.39. The van der Waals surface area contributed by atoms with Crippen LogP contribution in [0.15, 0.2) is 127 Å². The summed E-state index contributed by atoms with van der Waals surface area (Å²) in [6, 6.07) is 46.0. The molecule has 0 atom stereocenters. The van der Waals surface area contributed by atoms with E-state index >= 15 is 0 Å². The fraction of sp³-hybridized carbons (Fsp3) is 0.0789. The maximum atomic E-state index is 5.27. The molecule has 0 saturated carbocycles. The molecule has 0 aliphatic heterocycles. The molecule has 0 fully saturated rings. The Bertz CT molecular complexity index is 2330. The lowest BCUT2D eigenvalue weighted by Gasteiger charge is -2.21. The van der Waals surface area contributed by atoms with Crippen molar-refractivity contribution in [2.45, 2.75) is 19.3 Å². The van der Waals surface area contributed by atoms with Crippen LogP contribution in [0.4, 0.5) is 0 Å². The van der Waals surface area contributed by atoms with Gasteiger partial charge in [0.1, 0.15) is 0 Å². The first-order valence-corrected chi connectivity index (χ1v) is 14.3. The number of hydrogen-bond donors (Lipinski definition) is 0. The summed E-state index contributed by atoms with van der Waals surface area (Å²) >= 11 is 0. The highest BCUT2D eigenvalue weighted by molar-refractivity contribution is 6.26. The zero-order valence-corrected chi connectivity index (χ0v) is 23.0. The lowest BCUT2D eigenvalue weighted by molar-refractivity contribution is 0.661. The summed E-state index contributed by atoms with van der Waals surface area (Å²) < 4.78 is 4.65. The Labute approximate surface area is 237 Å². The average molecular weight is 526 g/mol. The third-order valence-electron chi connectivity index (χ3n) is 9.12. The first-order valence-electron chi connectivity index (χ1n) is 14.3.